The van der Waals surface area contributed by atoms with Crippen LogP contribution in [0.25, 0.3) is 20.8 Å². The predicted molar refractivity (Wildman–Crippen MR) is 137 cm³/mol. The van der Waals surface area contributed by atoms with E-state index in [0.717, 1.165) is 27.3 Å². The summed E-state index contributed by atoms with van der Waals surface area (Å²) >= 11 is 2.91. The number of fused-ring (bicyclic) bond motifs is 1. The second-order valence-corrected chi connectivity index (χ2v) is 10.3. The fourth-order valence-corrected chi connectivity index (χ4v) is 5.20. The number of thiazole rings is 1. The van der Waals surface area contributed by atoms with Gasteiger partial charge in [-0.05, 0) is 61.4 Å². The van der Waals surface area contributed by atoms with Crippen LogP contribution in [0.5, 0.6) is 0 Å². The molecule has 2 heterocycles. The van der Waals surface area contributed by atoms with Crippen LogP contribution in [0.1, 0.15) is 23.9 Å². The molecule has 0 aliphatic rings. The minimum Gasteiger partial charge on any atom is -0.416 e. The van der Waals surface area contributed by atoms with Gasteiger partial charge in [-0.1, -0.05) is 48.2 Å². The highest BCUT2D eigenvalue weighted by atomic mass is 32.2. The molecular formula is C26H22N4O2S2. The summed E-state index contributed by atoms with van der Waals surface area (Å²) in [7, 11) is 0. The fraction of sp³-hybridized carbons (Fsp3) is 0.154. The number of benzene rings is 3. The van der Waals surface area contributed by atoms with Crippen LogP contribution in [0.15, 0.2) is 82.4 Å². The third kappa shape index (κ3) is 5.18. The van der Waals surface area contributed by atoms with E-state index in [1.807, 2.05) is 67.6 Å². The molecule has 2 aromatic heterocycles. The van der Waals surface area contributed by atoms with Gasteiger partial charge in [-0.25, -0.2) is 4.98 Å². The van der Waals surface area contributed by atoms with Gasteiger partial charge in [0.05, 0.1) is 21.9 Å². The average molecular weight is 487 g/mol. The van der Waals surface area contributed by atoms with Crippen LogP contribution >= 0.6 is 23.1 Å². The van der Waals surface area contributed by atoms with Gasteiger partial charge < -0.3 is 9.73 Å². The van der Waals surface area contributed by atoms with E-state index >= 15 is 0 Å². The molecule has 5 aromatic rings. The zero-order chi connectivity index (χ0) is 23.5. The third-order valence-corrected chi connectivity index (χ3v) is 7.24. The standard InChI is InChI=1S/C26H22N4O2S2/c1-16-8-13-21-22(14-16)34-25(28-21)19-9-11-20(12-10-19)27-24(31)17(2)33-26-30-29-23(32-26)15-18-6-4-3-5-7-18/h3-14,17H,15H2,1-2H3,(H,27,31). The molecule has 0 saturated heterocycles. The number of hydrogen-bond donors (Lipinski definition) is 1. The molecule has 0 radical (unpaired) electrons. The molecule has 1 atom stereocenters. The van der Waals surface area contributed by atoms with Gasteiger partial charge in [0.2, 0.25) is 11.8 Å². The van der Waals surface area contributed by atoms with Crippen molar-refractivity contribution in [3.63, 3.8) is 0 Å². The van der Waals surface area contributed by atoms with Crippen LogP contribution in [0.4, 0.5) is 5.69 Å². The largest absolute Gasteiger partial charge is 0.416 e. The normalized spacial score (nSPS) is 12.1. The van der Waals surface area contributed by atoms with E-state index in [0.29, 0.717) is 17.5 Å². The fourth-order valence-electron chi connectivity index (χ4n) is 3.43. The average Bonchev–Trinajstić information content (AvgIpc) is 3.46. The van der Waals surface area contributed by atoms with Crippen LogP contribution in [-0.4, -0.2) is 26.3 Å². The minimum absolute atomic E-state index is 0.129. The number of anilines is 1. The van der Waals surface area contributed by atoms with Gasteiger partial charge >= 0.3 is 0 Å². The van der Waals surface area contributed by atoms with E-state index in [1.165, 1.54) is 22.0 Å². The summed E-state index contributed by atoms with van der Waals surface area (Å²) in [5.74, 6) is 0.401. The number of amides is 1. The molecule has 3 aromatic carbocycles. The van der Waals surface area contributed by atoms with Crippen LogP contribution in [0.3, 0.4) is 0 Å². The van der Waals surface area contributed by atoms with Crippen molar-refractivity contribution in [2.75, 3.05) is 5.32 Å². The molecule has 34 heavy (non-hydrogen) atoms. The molecule has 0 aliphatic carbocycles. The van der Waals surface area contributed by atoms with Crippen molar-refractivity contribution < 1.29 is 9.21 Å². The van der Waals surface area contributed by atoms with Crippen molar-refractivity contribution in [3.8, 4) is 10.6 Å². The van der Waals surface area contributed by atoms with Crippen molar-refractivity contribution in [3.05, 3.63) is 89.8 Å². The lowest BCUT2D eigenvalue weighted by atomic mass is 10.2. The number of thioether (sulfide) groups is 1. The van der Waals surface area contributed by atoms with E-state index in [9.17, 15) is 4.79 Å². The molecule has 0 bridgehead atoms. The molecule has 0 fully saturated rings. The maximum Gasteiger partial charge on any atom is 0.277 e. The summed E-state index contributed by atoms with van der Waals surface area (Å²) in [6.07, 6.45) is 0.565. The molecule has 0 saturated carbocycles. The van der Waals surface area contributed by atoms with E-state index in [-0.39, 0.29) is 5.91 Å². The molecule has 0 aliphatic heterocycles. The van der Waals surface area contributed by atoms with Gasteiger partial charge in [0.15, 0.2) is 0 Å². The number of rotatable bonds is 7. The highest BCUT2D eigenvalue weighted by Crippen LogP contribution is 2.31. The Balaban J connectivity index is 1.19. The van der Waals surface area contributed by atoms with E-state index in [4.69, 9.17) is 9.40 Å². The Kier molecular flexibility index (Phi) is 6.42. The number of nitrogens with zero attached hydrogens (tertiary/aromatic N) is 3. The summed E-state index contributed by atoms with van der Waals surface area (Å²) in [5, 5.41) is 12.1. The van der Waals surface area contributed by atoms with Gasteiger partial charge in [-0.3, -0.25) is 4.79 Å². The summed E-state index contributed by atoms with van der Waals surface area (Å²) in [6.45, 7) is 3.90. The second-order valence-electron chi connectivity index (χ2n) is 7.94. The van der Waals surface area contributed by atoms with Crippen molar-refractivity contribution in [1.29, 1.82) is 0 Å². The molecular weight excluding hydrogens is 464 g/mol. The third-order valence-electron chi connectivity index (χ3n) is 5.24. The maximum absolute atomic E-state index is 12.7. The first-order valence-electron chi connectivity index (χ1n) is 10.8. The van der Waals surface area contributed by atoms with Crippen molar-refractivity contribution in [1.82, 2.24) is 15.2 Å². The summed E-state index contributed by atoms with van der Waals surface area (Å²) in [5.41, 5.74) is 5.07. The highest BCUT2D eigenvalue weighted by Gasteiger charge is 2.19. The molecule has 1 amide bonds. The van der Waals surface area contributed by atoms with Crippen molar-refractivity contribution in [2.45, 2.75) is 30.7 Å². The topological polar surface area (TPSA) is 80.9 Å². The number of carbonyl (C=O) groups excluding carboxylic acids is 1. The Labute approximate surface area is 205 Å². The first-order valence-corrected chi connectivity index (χ1v) is 12.5. The molecule has 8 heteroatoms. The Bertz CT molecular complexity index is 1430. The number of aryl methyl sites for hydroxylation is 1. The number of aromatic nitrogens is 3. The molecule has 6 nitrogen and oxygen atoms in total. The van der Waals surface area contributed by atoms with Crippen LogP contribution in [-0.2, 0) is 11.2 Å². The molecule has 1 N–H and O–H groups in total. The van der Waals surface area contributed by atoms with Crippen LogP contribution < -0.4 is 5.32 Å². The quantitative estimate of drug-likeness (QED) is 0.269. The Morgan fingerprint density at radius 2 is 1.85 bits per heavy atom. The van der Waals surface area contributed by atoms with Crippen LogP contribution in [0.2, 0.25) is 0 Å². The number of nitrogens with one attached hydrogen (secondary N) is 1. The second kappa shape index (κ2) is 9.79. The molecule has 1 unspecified atom stereocenters. The summed E-state index contributed by atoms with van der Waals surface area (Å²) < 4.78 is 6.88. The molecule has 5 rings (SSSR count). The van der Waals surface area contributed by atoms with Crippen molar-refractivity contribution in [2.24, 2.45) is 0 Å². The minimum atomic E-state index is -0.391. The Morgan fingerprint density at radius 3 is 2.65 bits per heavy atom. The van der Waals surface area contributed by atoms with Crippen LogP contribution in [0, 0.1) is 6.92 Å². The lowest BCUT2D eigenvalue weighted by molar-refractivity contribution is -0.115. The van der Waals surface area contributed by atoms with Gasteiger partial charge in [0.25, 0.3) is 5.22 Å². The number of carbonyl (C=O) groups is 1. The highest BCUT2D eigenvalue weighted by molar-refractivity contribution is 8.00. The first-order chi connectivity index (χ1) is 16.5. The first kappa shape index (κ1) is 22.3. The smallest absolute Gasteiger partial charge is 0.277 e. The van der Waals surface area contributed by atoms with Crippen molar-refractivity contribution >= 4 is 44.9 Å². The SMILES string of the molecule is Cc1ccc2nc(-c3ccc(NC(=O)C(C)Sc4nnc(Cc5ccccc5)o4)cc3)sc2c1. The van der Waals surface area contributed by atoms with E-state index < -0.39 is 5.25 Å². The van der Waals surface area contributed by atoms with Gasteiger partial charge in [0, 0.05) is 11.3 Å². The summed E-state index contributed by atoms with van der Waals surface area (Å²) in [4.78, 5) is 17.4. The lowest BCUT2D eigenvalue weighted by Crippen LogP contribution is -2.22. The zero-order valence-electron chi connectivity index (χ0n) is 18.7. The maximum atomic E-state index is 12.7. The monoisotopic (exact) mass is 486 g/mol. The van der Waals surface area contributed by atoms with Gasteiger partial charge in [0.1, 0.15) is 5.01 Å². The predicted octanol–water partition coefficient (Wildman–Crippen LogP) is 6.36. The van der Waals surface area contributed by atoms with E-state index in [2.05, 4.69) is 34.6 Å². The van der Waals surface area contributed by atoms with Gasteiger partial charge in [-0.15, -0.1) is 21.5 Å². The Hall–Kier alpha value is -3.49. The molecule has 170 valence electrons. The molecule has 0 spiro atoms. The lowest BCUT2D eigenvalue weighted by Gasteiger charge is -2.10. The number of hydrogen-bond acceptors (Lipinski definition) is 7. The zero-order valence-corrected chi connectivity index (χ0v) is 20.3. The van der Waals surface area contributed by atoms with E-state index in [1.54, 1.807) is 11.3 Å². The summed E-state index contributed by atoms with van der Waals surface area (Å²) in [6, 6.07) is 23.9. The Morgan fingerprint density at radius 1 is 1.06 bits per heavy atom. The van der Waals surface area contributed by atoms with Gasteiger partial charge in [-0.2, -0.15) is 0 Å².